The predicted molar refractivity (Wildman–Crippen MR) is 70.6 cm³/mol. The van der Waals surface area contributed by atoms with E-state index >= 15 is 0 Å². The van der Waals surface area contributed by atoms with Crippen molar-refractivity contribution in [3.8, 4) is 6.07 Å². The lowest BCUT2D eigenvalue weighted by molar-refractivity contribution is 1.44. The van der Waals surface area contributed by atoms with Crippen molar-refractivity contribution in [1.29, 1.82) is 5.26 Å². The molecule has 2 aromatic carbocycles. The van der Waals surface area contributed by atoms with Crippen LogP contribution >= 0.6 is 11.6 Å². The van der Waals surface area contributed by atoms with Crippen LogP contribution in [-0.4, -0.2) is 0 Å². The molecular formula is C14H11ClN2. The zero-order chi connectivity index (χ0) is 12.3. The van der Waals surface area contributed by atoms with Crippen molar-refractivity contribution in [2.75, 3.05) is 5.32 Å². The fraction of sp³-hybridized carbons (Fsp3) is 0.0714. The summed E-state index contributed by atoms with van der Waals surface area (Å²) in [4.78, 5) is 0. The Morgan fingerprint density at radius 1 is 1.18 bits per heavy atom. The minimum Gasteiger partial charge on any atom is -0.354 e. The van der Waals surface area contributed by atoms with Gasteiger partial charge in [-0.15, -0.1) is 0 Å². The van der Waals surface area contributed by atoms with Gasteiger partial charge in [-0.05, 0) is 42.8 Å². The van der Waals surface area contributed by atoms with E-state index in [1.54, 1.807) is 12.1 Å². The van der Waals surface area contributed by atoms with E-state index < -0.39 is 0 Å². The van der Waals surface area contributed by atoms with Crippen molar-refractivity contribution in [3.05, 3.63) is 58.6 Å². The van der Waals surface area contributed by atoms with E-state index in [1.165, 1.54) is 5.56 Å². The molecule has 0 aromatic heterocycles. The minimum atomic E-state index is 0.547. The Morgan fingerprint density at radius 2 is 2.00 bits per heavy atom. The van der Waals surface area contributed by atoms with Crippen LogP contribution in [0.15, 0.2) is 42.5 Å². The molecule has 0 spiro atoms. The molecule has 0 amide bonds. The highest BCUT2D eigenvalue weighted by molar-refractivity contribution is 6.33. The summed E-state index contributed by atoms with van der Waals surface area (Å²) in [5.74, 6) is 0. The molecule has 1 N–H and O–H groups in total. The molecule has 0 aliphatic rings. The molecule has 2 aromatic rings. The molecule has 0 aliphatic heterocycles. The predicted octanol–water partition coefficient (Wildman–Crippen LogP) is 4.26. The van der Waals surface area contributed by atoms with Crippen molar-refractivity contribution >= 4 is 23.0 Å². The number of aryl methyl sites for hydroxylation is 1. The van der Waals surface area contributed by atoms with Gasteiger partial charge in [0.15, 0.2) is 0 Å². The largest absolute Gasteiger partial charge is 0.354 e. The molecule has 2 nitrogen and oxygen atoms in total. The third kappa shape index (κ3) is 2.77. The highest BCUT2D eigenvalue weighted by Gasteiger charge is 2.02. The van der Waals surface area contributed by atoms with Gasteiger partial charge in [0, 0.05) is 5.69 Å². The molecule has 0 unspecified atom stereocenters. The molecular weight excluding hydrogens is 232 g/mol. The first-order valence-corrected chi connectivity index (χ1v) is 5.60. The quantitative estimate of drug-likeness (QED) is 0.854. The Morgan fingerprint density at radius 3 is 2.65 bits per heavy atom. The van der Waals surface area contributed by atoms with Crippen LogP contribution < -0.4 is 5.32 Å². The van der Waals surface area contributed by atoms with Crippen LogP contribution in [0.5, 0.6) is 0 Å². The average molecular weight is 243 g/mol. The van der Waals surface area contributed by atoms with E-state index in [9.17, 15) is 0 Å². The third-order valence-corrected chi connectivity index (χ3v) is 2.71. The summed E-state index contributed by atoms with van der Waals surface area (Å²) >= 11 is 6.08. The lowest BCUT2D eigenvalue weighted by atomic mass is 10.2. The van der Waals surface area contributed by atoms with E-state index in [0.29, 0.717) is 10.6 Å². The van der Waals surface area contributed by atoms with Crippen LogP contribution in [0.25, 0.3) is 0 Å². The molecule has 0 aliphatic carbocycles. The fourth-order valence-electron chi connectivity index (χ4n) is 1.56. The molecule has 17 heavy (non-hydrogen) atoms. The van der Waals surface area contributed by atoms with Gasteiger partial charge in [-0.2, -0.15) is 5.26 Å². The molecule has 3 heteroatoms. The fourth-order valence-corrected chi connectivity index (χ4v) is 1.79. The van der Waals surface area contributed by atoms with Crippen molar-refractivity contribution in [1.82, 2.24) is 0 Å². The van der Waals surface area contributed by atoms with Crippen LogP contribution in [0.3, 0.4) is 0 Å². The second kappa shape index (κ2) is 4.90. The van der Waals surface area contributed by atoms with Crippen molar-refractivity contribution < 1.29 is 0 Å². The first kappa shape index (κ1) is 11.5. The first-order valence-electron chi connectivity index (χ1n) is 5.22. The van der Waals surface area contributed by atoms with Gasteiger partial charge in [0.25, 0.3) is 0 Å². The second-order valence-electron chi connectivity index (χ2n) is 3.80. The van der Waals surface area contributed by atoms with Gasteiger partial charge in [0.05, 0.1) is 22.3 Å². The second-order valence-corrected chi connectivity index (χ2v) is 4.21. The molecule has 0 heterocycles. The minimum absolute atomic E-state index is 0.547. The maximum Gasteiger partial charge on any atom is 0.0992 e. The summed E-state index contributed by atoms with van der Waals surface area (Å²) < 4.78 is 0. The van der Waals surface area contributed by atoms with Crippen LogP contribution in [0.4, 0.5) is 11.4 Å². The highest BCUT2D eigenvalue weighted by Crippen LogP contribution is 2.26. The Kier molecular flexibility index (Phi) is 3.32. The summed E-state index contributed by atoms with van der Waals surface area (Å²) in [7, 11) is 0. The molecule has 0 saturated carbocycles. The number of anilines is 2. The first-order chi connectivity index (χ1) is 8.19. The van der Waals surface area contributed by atoms with Crippen LogP contribution in [0.2, 0.25) is 5.02 Å². The molecule has 84 valence electrons. The number of rotatable bonds is 2. The van der Waals surface area contributed by atoms with E-state index in [4.69, 9.17) is 16.9 Å². The van der Waals surface area contributed by atoms with Crippen LogP contribution in [-0.2, 0) is 0 Å². The topological polar surface area (TPSA) is 35.8 Å². The van der Waals surface area contributed by atoms with Crippen LogP contribution in [0.1, 0.15) is 11.1 Å². The average Bonchev–Trinajstić information content (AvgIpc) is 2.32. The molecule has 0 radical (unpaired) electrons. The number of halogens is 1. The Bertz CT molecular complexity index is 585. The highest BCUT2D eigenvalue weighted by atomic mass is 35.5. The number of benzene rings is 2. The van der Waals surface area contributed by atoms with Gasteiger partial charge in [-0.1, -0.05) is 23.7 Å². The standard InChI is InChI=1S/C14H11ClN2/c1-10-3-2-4-12(7-10)17-14-6-5-11(9-16)8-13(14)15/h2-8,17H,1H3. The Hall–Kier alpha value is -1.98. The smallest absolute Gasteiger partial charge is 0.0992 e. The molecule has 0 fully saturated rings. The summed E-state index contributed by atoms with van der Waals surface area (Å²) in [5, 5.41) is 12.5. The van der Waals surface area contributed by atoms with Gasteiger partial charge in [0.1, 0.15) is 0 Å². The zero-order valence-electron chi connectivity index (χ0n) is 9.37. The number of hydrogen-bond acceptors (Lipinski definition) is 2. The van der Waals surface area contributed by atoms with E-state index in [-0.39, 0.29) is 0 Å². The summed E-state index contributed by atoms with van der Waals surface area (Å²) in [6.07, 6.45) is 0. The van der Waals surface area contributed by atoms with Crippen molar-refractivity contribution in [2.45, 2.75) is 6.92 Å². The van der Waals surface area contributed by atoms with Gasteiger partial charge in [0.2, 0.25) is 0 Å². The SMILES string of the molecule is Cc1cccc(Nc2ccc(C#N)cc2Cl)c1. The Labute approximate surface area is 105 Å². The lowest BCUT2D eigenvalue weighted by Gasteiger charge is -2.09. The van der Waals surface area contributed by atoms with E-state index in [2.05, 4.69) is 11.4 Å². The number of nitrogens with zero attached hydrogens (tertiary/aromatic N) is 1. The van der Waals surface area contributed by atoms with E-state index in [1.807, 2.05) is 37.3 Å². The summed E-state index contributed by atoms with van der Waals surface area (Å²) in [5.41, 5.74) is 3.53. The van der Waals surface area contributed by atoms with E-state index in [0.717, 1.165) is 11.4 Å². The molecule has 0 atom stereocenters. The monoisotopic (exact) mass is 242 g/mol. The van der Waals surface area contributed by atoms with Gasteiger partial charge in [-0.25, -0.2) is 0 Å². The van der Waals surface area contributed by atoms with Crippen LogP contribution in [0, 0.1) is 18.3 Å². The molecule has 0 saturated heterocycles. The van der Waals surface area contributed by atoms with Gasteiger partial charge < -0.3 is 5.32 Å². The van der Waals surface area contributed by atoms with Crippen molar-refractivity contribution in [2.24, 2.45) is 0 Å². The normalized spacial score (nSPS) is 9.71. The van der Waals surface area contributed by atoms with Gasteiger partial charge in [-0.3, -0.25) is 0 Å². The van der Waals surface area contributed by atoms with Crippen molar-refractivity contribution in [3.63, 3.8) is 0 Å². The third-order valence-electron chi connectivity index (χ3n) is 2.40. The number of nitriles is 1. The summed E-state index contributed by atoms with van der Waals surface area (Å²) in [6, 6.07) is 15.3. The maximum absolute atomic E-state index is 8.75. The molecule has 0 bridgehead atoms. The van der Waals surface area contributed by atoms with Gasteiger partial charge >= 0.3 is 0 Å². The Balaban J connectivity index is 2.28. The number of nitrogens with one attached hydrogen (secondary N) is 1. The maximum atomic E-state index is 8.75. The summed E-state index contributed by atoms with van der Waals surface area (Å²) in [6.45, 7) is 2.03. The molecule has 2 rings (SSSR count). The number of hydrogen-bond donors (Lipinski definition) is 1. The zero-order valence-corrected chi connectivity index (χ0v) is 10.1. The lowest BCUT2D eigenvalue weighted by Crippen LogP contribution is -1.92.